The highest BCUT2D eigenvalue weighted by atomic mass is 19.3. The van der Waals surface area contributed by atoms with Gasteiger partial charge in [-0.25, -0.2) is 13.6 Å². The molecule has 2 rings (SSSR count). The third-order valence-corrected chi connectivity index (χ3v) is 3.81. The van der Waals surface area contributed by atoms with Gasteiger partial charge in [0.05, 0.1) is 12.6 Å². The molecule has 0 aromatic rings. The van der Waals surface area contributed by atoms with E-state index in [1.165, 1.54) is 0 Å². The van der Waals surface area contributed by atoms with Gasteiger partial charge in [0.25, 0.3) is 5.92 Å². The zero-order chi connectivity index (χ0) is 15.7. The van der Waals surface area contributed by atoms with Crippen LogP contribution >= 0.6 is 0 Å². The number of nitrogens with zero attached hydrogens (tertiary/aromatic N) is 2. The van der Waals surface area contributed by atoms with Crippen molar-refractivity contribution in [3.63, 3.8) is 0 Å². The predicted octanol–water partition coefficient (Wildman–Crippen LogP) is 1.54. The molecule has 0 saturated carbocycles. The second-order valence-electron chi connectivity index (χ2n) is 6.75. The SMILES string of the molecule is CC(C)(C)OC(=O)N1CC[C@@H](N2CCNCC2)C(F)(F)C1. The van der Waals surface area contributed by atoms with Gasteiger partial charge in [-0.1, -0.05) is 0 Å². The van der Waals surface area contributed by atoms with Gasteiger partial charge in [-0.3, -0.25) is 4.90 Å². The molecule has 5 nitrogen and oxygen atoms in total. The molecule has 122 valence electrons. The molecule has 1 N–H and O–H groups in total. The Morgan fingerprint density at radius 2 is 1.86 bits per heavy atom. The van der Waals surface area contributed by atoms with Crippen LogP contribution in [0, 0.1) is 0 Å². The van der Waals surface area contributed by atoms with E-state index in [-0.39, 0.29) is 6.42 Å². The Hall–Kier alpha value is -0.950. The number of likely N-dealkylation sites (tertiary alicyclic amines) is 1. The molecule has 0 radical (unpaired) electrons. The molecule has 0 unspecified atom stereocenters. The second-order valence-corrected chi connectivity index (χ2v) is 6.75. The third-order valence-electron chi connectivity index (χ3n) is 3.81. The molecule has 2 aliphatic heterocycles. The molecular weight excluding hydrogens is 280 g/mol. The van der Waals surface area contributed by atoms with Crippen LogP contribution in [-0.4, -0.2) is 72.7 Å². The van der Waals surface area contributed by atoms with Crippen LogP contribution < -0.4 is 5.32 Å². The van der Waals surface area contributed by atoms with E-state index in [9.17, 15) is 13.6 Å². The van der Waals surface area contributed by atoms with E-state index < -0.39 is 30.2 Å². The van der Waals surface area contributed by atoms with Crippen molar-refractivity contribution in [3.05, 3.63) is 0 Å². The molecule has 0 aromatic heterocycles. The van der Waals surface area contributed by atoms with Crippen LogP contribution in [0.3, 0.4) is 0 Å². The maximum Gasteiger partial charge on any atom is 0.410 e. The zero-order valence-electron chi connectivity index (χ0n) is 13.0. The summed E-state index contributed by atoms with van der Waals surface area (Å²) in [4.78, 5) is 14.9. The van der Waals surface area contributed by atoms with Crippen molar-refractivity contribution >= 4 is 6.09 Å². The Labute approximate surface area is 124 Å². The Morgan fingerprint density at radius 3 is 2.38 bits per heavy atom. The van der Waals surface area contributed by atoms with E-state index in [0.29, 0.717) is 19.6 Å². The van der Waals surface area contributed by atoms with Crippen LogP contribution in [0.2, 0.25) is 0 Å². The number of hydrogen-bond acceptors (Lipinski definition) is 4. The van der Waals surface area contributed by atoms with E-state index in [1.54, 1.807) is 20.8 Å². The number of nitrogens with one attached hydrogen (secondary N) is 1. The molecule has 0 aliphatic carbocycles. The molecule has 0 aromatic carbocycles. The largest absolute Gasteiger partial charge is 0.444 e. The molecule has 2 fully saturated rings. The molecule has 1 amide bonds. The summed E-state index contributed by atoms with van der Waals surface area (Å²) in [7, 11) is 0. The van der Waals surface area contributed by atoms with E-state index in [2.05, 4.69) is 5.32 Å². The lowest BCUT2D eigenvalue weighted by atomic mass is 9.98. The van der Waals surface area contributed by atoms with Crippen molar-refractivity contribution in [2.45, 2.75) is 44.8 Å². The van der Waals surface area contributed by atoms with Crippen molar-refractivity contribution in [2.24, 2.45) is 0 Å². The molecule has 2 heterocycles. The highest BCUT2D eigenvalue weighted by Crippen LogP contribution is 2.32. The van der Waals surface area contributed by atoms with Gasteiger partial charge < -0.3 is 15.0 Å². The highest BCUT2D eigenvalue weighted by molar-refractivity contribution is 5.68. The number of carbonyl (C=O) groups is 1. The molecule has 1 atom stereocenters. The number of amides is 1. The topological polar surface area (TPSA) is 44.8 Å². The minimum absolute atomic E-state index is 0.284. The normalized spacial score (nSPS) is 27.5. The number of alkyl halides is 2. The lowest BCUT2D eigenvalue weighted by molar-refractivity contribution is -0.127. The summed E-state index contributed by atoms with van der Waals surface area (Å²) < 4.78 is 34.0. The monoisotopic (exact) mass is 305 g/mol. The van der Waals surface area contributed by atoms with Crippen LogP contribution in [0.15, 0.2) is 0 Å². The molecule has 21 heavy (non-hydrogen) atoms. The Morgan fingerprint density at radius 1 is 1.24 bits per heavy atom. The van der Waals surface area contributed by atoms with Crippen LogP contribution in [-0.2, 0) is 4.74 Å². The van der Waals surface area contributed by atoms with Crippen molar-refractivity contribution in [2.75, 3.05) is 39.3 Å². The summed E-state index contributed by atoms with van der Waals surface area (Å²) in [5.41, 5.74) is -0.665. The van der Waals surface area contributed by atoms with Gasteiger partial charge in [0.2, 0.25) is 0 Å². The average Bonchev–Trinajstić information content (AvgIpc) is 2.36. The lowest BCUT2D eigenvalue weighted by Gasteiger charge is -2.44. The zero-order valence-corrected chi connectivity index (χ0v) is 13.0. The third kappa shape index (κ3) is 4.26. The van der Waals surface area contributed by atoms with E-state index in [1.807, 2.05) is 4.90 Å². The van der Waals surface area contributed by atoms with Crippen LogP contribution in [0.4, 0.5) is 13.6 Å². The summed E-state index contributed by atoms with van der Waals surface area (Å²) in [6.45, 7) is 7.70. The summed E-state index contributed by atoms with van der Waals surface area (Å²) in [6.07, 6.45) is -0.368. The highest BCUT2D eigenvalue weighted by Gasteiger charge is 2.49. The summed E-state index contributed by atoms with van der Waals surface area (Å²) in [5.74, 6) is -2.90. The van der Waals surface area contributed by atoms with Gasteiger partial charge in [-0.15, -0.1) is 0 Å². The molecular formula is C14H25F2N3O2. The number of ether oxygens (including phenoxy) is 1. The Balaban J connectivity index is 1.97. The fourth-order valence-corrected chi connectivity index (χ4v) is 2.85. The van der Waals surface area contributed by atoms with Gasteiger partial charge in [-0.05, 0) is 27.2 Å². The van der Waals surface area contributed by atoms with Crippen molar-refractivity contribution < 1.29 is 18.3 Å². The second kappa shape index (κ2) is 6.04. The number of piperidine rings is 1. The number of rotatable bonds is 1. The van der Waals surface area contributed by atoms with Crippen molar-refractivity contribution in [3.8, 4) is 0 Å². The van der Waals surface area contributed by atoms with Gasteiger partial charge in [-0.2, -0.15) is 0 Å². The van der Waals surface area contributed by atoms with Crippen LogP contribution in [0.1, 0.15) is 27.2 Å². The molecule has 2 saturated heterocycles. The lowest BCUT2D eigenvalue weighted by Crippen LogP contribution is -2.62. The first-order chi connectivity index (χ1) is 9.69. The first-order valence-corrected chi connectivity index (χ1v) is 7.49. The van der Waals surface area contributed by atoms with Gasteiger partial charge >= 0.3 is 6.09 Å². The van der Waals surface area contributed by atoms with E-state index >= 15 is 0 Å². The van der Waals surface area contributed by atoms with Crippen molar-refractivity contribution in [1.82, 2.24) is 15.1 Å². The fraction of sp³-hybridized carbons (Fsp3) is 0.929. The number of carbonyl (C=O) groups excluding carboxylic acids is 1. The van der Waals surface area contributed by atoms with Crippen LogP contribution in [0.5, 0.6) is 0 Å². The van der Waals surface area contributed by atoms with Crippen molar-refractivity contribution in [1.29, 1.82) is 0 Å². The molecule has 7 heteroatoms. The smallest absolute Gasteiger partial charge is 0.410 e. The summed E-state index contributed by atoms with van der Waals surface area (Å²) in [5, 5.41) is 3.16. The minimum atomic E-state index is -2.90. The standard InChI is InChI=1S/C14H25F2N3O2/c1-13(2,3)21-12(20)19-7-4-11(14(15,16)10-19)18-8-5-17-6-9-18/h11,17H,4-10H2,1-3H3/t11-/m1/s1. The Bertz CT molecular complexity index is 379. The maximum absolute atomic E-state index is 14.4. The fourth-order valence-electron chi connectivity index (χ4n) is 2.85. The number of hydrogen-bond donors (Lipinski definition) is 1. The minimum Gasteiger partial charge on any atom is -0.444 e. The van der Waals surface area contributed by atoms with E-state index in [0.717, 1.165) is 18.0 Å². The quantitative estimate of drug-likeness (QED) is 0.798. The maximum atomic E-state index is 14.4. The summed E-state index contributed by atoms with van der Waals surface area (Å²) >= 11 is 0. The van der Waals surface area contributed by atoms with E-state index in [4.69, 9.17) is 4.74 Å². The first-order valence-electron chi connectivity index (χ1n) is 7.49. The molecule has 0 bridgehead atoms. The predicted molar refractivity (Wildman–Crippen MR) is 75.6 cm³/mol. The first kappa shape index (κ1) is 16.4. The van der Waals surface area contributed by atoms with Gasteiger partial charge in [0, 0.05) is 32.7 Å². The average molecular weight is 305 g/mol. The summed E-state index contributed by atoms with van der Waals surface area (Å²) in [6, 6.07) is -0.779. The van der Waals surface area contributed by atoms with Crippen LogP contribution in [0.25, 0.3) is 0 Å². The molecule has 0 spiro atoms. The van der Waals surface area contributed by atoms with Gasteiger partial charge in [0.1, 0.15) is 5.60 Å². The number of piperazine rings is 1. The van der Waals surface area contributed by atoms with Gasteiger partial charge in [0.15, 0.2) is 0 Å². The Kier molecular flexibility index (Phi) is 4.72. The molecule has 2 aliphatic rings. The number of halogens is 2.